The molecule has 0 aromatic carbocycles. The molecule has 0 saturated heterocycles. The van der Waals surface area contributed by atoms with Crippen molar-refractivity contribution in [2.45, 2.75) is 270 Å². The van der Waals surface area contributed by atoms with E-state index < -0.39 is 18.2 Å². The van der Waals surface area contributed by atoms with Crippen molar-refractivity contribution in [2.24, 2.45) is 0 Å². The molecule has 0 aromatic heterocycles. The van der Waals surface area contributed by atoms with E-state index >= 15 is 0 Å². The number of rotatable bonds is 45. The van der Waals surface area contributed by atoms with E-state index in [9.17, 15) is 19.8 Å². The Bertz CT molecular complexity index is 1020. The van der Waals surface area contributed by atoms with Crippen molar-refractivity contribution in [2.75, 3.05) is 6.61 Å². The minimum atomic E-state index is -0.796. The van der Waals surface area contributed by atoms with Gasteiger partial charge in [-0.25, -0.2) is 0 Å². The Morgan fingerprint density at radius 1 is 0.508 bits per heavy atom. The number of carbonyl (C=O) groups is 2. The van der Waals surface area contributed by atoms with E-state index in [2.05, 4.69) is 62.5 Å². The van der Waals surface area contributed by atoms with Crippen molar-refractivity contribution in [3.8, 4) is 0 Å². The van der Waals surface area contributed by atoms with Crippen LogP contribution in [0.25, 0.3) is 0 Å². The van der Waals surface area contributed by atoms with Gasteiger partial charge in [0.1, 0.15) is 6.10 Å². The summed E-state index contributed by atoms with van der Waals surface area (Å²) in [5.41, 5.74) is 0. The molecule has 0 heterocycles. The van der Waals surface area contributed by atoms with E-state index in [0.29, 0.717) is 19.3 Å². The summed E-state index contributed by atoms with van der Waals surface area (Å²) in [6.07, 6.45) is 56.0. The zero-order valence-corrected chi connectivity index (χ0v) is 39.1. The van der Waals surface area contributed by atoms with Gasteiger partial charge in [-0.1, -0.05) is 217 Å². The summed E-state index contributed by atoms with van der Waals surface area (Å²) in [5, 5.41) is 23.7. The van der Waals surface area contributed by atoms with Crippen LogP contribution >= 0.6 is 0 Å². The number of hydrogen-bond donors (Lipinski definition) is 3. The lowest BCUT2D eigenvalue weighted by molar-refractivity contribution is -0.151. The largest absolute Gasteiger partial charge is 0.462 e. The van der Waals surface area contributed by atoms with Crippen molar-refractivity contribution in [1.82, 2.24) is 5.32 Å². The van der Waals surface area contributed by atoms with Crippen LogP contribution in [0.1, 0.15) is 252 Å². The Labute approximate surface area is 366 Å². The van der Waals surface area contributed by atoms with Gasteiger partial charge in [-0.15, -0.1) is 0 Å². The van der Waals surface area contributed by atoms with Crippen molar-refractivity contribution in [3.63, 3.8) is 0 Å². The van der Waals surface area contributed by atoms with Gasteiger partial charge in [0.05, 0.1) is 25.2 Å². The van der Waals surface area contributed by atoms with Crippen molar-refractivity contribution in [3.05, 3.63) is 48.6 Å². The number of unbranched alkanes of at least 4 members (excludes halogenated alkanes) is 27. The van der Waals surface area contributed by atoms with Crippen LogP contribution in [0.5, 0.6) is 0 Å². The first-order valence-electron chi connectivity index (χ1n) is 25.4. The fourth-order valence-electron chi connectivity index (χ4n) is 7.60. The Kier molecular flexibility index (Phi) is 45.1. The van der Waals surface area contributed by atoms with Gasteiger partial charge < -0.3 is 20.3 Å². The molecule has 344 valence electrons. The first-order valence-corrected chi connectivity index (χ1v) is 25.4. The minimum Gasteiger partial charge on any atom is -0.462 e. The average molecular weight is 828 g/mol. The van der Waals surface area contributed by atoms with Gasteiger partial charge in [-0.2, -0.15) is 0 Å². The maximum absolute atomic E-state index is 13.2. The maximum Gasteiger partial charge on any atom is 0.306 e. The monoisotopic (exact) mass is 828 g/mol. The topological polar surface area (TPSA) is 95.9 Å². The first kappa shape index (κ1) is 56.8. The van der Waals surface area contributed by atoms with Crippen LogP contribution in [0.4, 0.5) is 0 Å². The second kappa shape index (κ2) is 46.9. The van der Waals surface area contributed by atoms with E-state index in [4.69, 9.17) is 4.74 Å². The van der Waals surface area contributed by atoms with Gasteiger partial charge in [0.25, 0.3) is 0 Å². The minimum absolute atomic E-state index is 0.0533. The van der Waals surface area contributed by atoms with Crippen molar-refractivity contribution >= 4 is 11.9 Å². The fourth-order valence-corrected chi connectivity index (χ4v) is 7.60. The van der Waals surface area contributed by atoms with Crippen LogP contribution < -0.4 is 5.32 Å². The number of nitrogens with one attached hydrogen (secondary N) is 1. The Morgan fingerprint density at radius 3 is 1.44 bits per heavy atom. The molecule has 0 fully saturated rings. The number of carbonyl (C=O) groups excluding carboxylic acids is 2. The highest BCUT2D eigenvalue weighted by Gasteiger charge is 2.24. The van der Waals surface area contributed by atoms with Crippen LogP contribution in [-0.4, -0.2) is 46.9 Å². The van der Waals surface area contributed by atoms with E-state index in [1.165, 1.54) is 135 Å². The highest BCUT2D eigenvalue weighted by Crippen LogP contribution is 2.17. The lowest BCUT2D eigenvalue weighted by Gasteiger charge is -2.24. The molecule has 6 nitrogen and oxygen atoms in total. The number of hydrogen-bond acceptors (Lipinski definition) is 5. The molecule has 6 heteroatoms. The predicted molar refractivity (Wildman–Crippen MR) is 255 cm³/mol. The number of amides is 1. The molecule has 0 aliphatic heterocycles. The highest BCUT2D eigenvalue weighted by molar-refractivity contribution is 5.77. The molecular formula is C53H97NO5. The van der Waals surface area contributed by atoms with E-state index in [0.717, 1.165) is 70.6 Å². The summed E-state index contributed by atoms with van der Waals surface area (Å²) in [6.45, 7) is 6.33. The Balaban J connectivity index is 4.55. The lowest BCUT2D eigenvalue weighted by Crippen LogP contribution is -2.46. The van der Waals surface area contributed by atoms with Crippen LogP contribution in [0, 0.1) is 0 Å². The van der Waals surface area contributed by atoms with E-state index in [1.54, 1.807) is 0 Å². The van der Waals surface area contributed by atoms with Gasteiger partial charge in [-0.3, -0.25) is 9.59 Å². The summed E-state index contributed by atoms with van der Waals surface area (Å²) in [4.78, 5) is 26.1. The van der Waals surface area contributed by atoms with Crippen LogP contribution in [0.3, 0.4) is 0 Å². The zero-order valence-electron chi connectivity index (χ0n) is 39.1. The number of aliphatic hydroxyl groups is 2. The number of allylic oxidation sites excluding steroid dienone is 8. The first-order chi connectivity index (χ1) is 29.0. The number of ether oxygens (including phenoxy) is 1. The molecule has 1 amide bonds. The van der Waals surface area contributed by atoms with Gasteiger partial charge in [0.15, 0.2) is 0 Å². The van der Waals surface area contributed by atoms with Crippen molar-refractivity contribution in [1.29, 1.82) is 0 Å². The van der Waals surface area contributed by atoms with Crippen LogP contribution in [0.2, 0.25) is 0 Å². The standard InChI is InChI=1S/C53H97NO5/c1-4-7-10-13-16-19-22-24-25-26-27-28-31-34-37-40-43-46-53(58)59-49(44-41-38-35-32-29-21-18-15-12-9-6-3)47-52(57)54-50(48-55)51(56)45-42-39-36-33-30-23-20-17-14-11-8-5-2/h9,12,15,18,21,24-25,29,49-51,55-56H,4-8,10-11,13-14,16-17,19-20,22-23,26-28,30-48H2,1-3H3,(H,54,57)/b12-9+,18-15+,25-24+,29-21-. The highest BCUT2D eigenvalue weighted by atomic mass is 16.5. The number of esters is 1. The van der Waals surface area contributed by atoms with Gasteiger partial charge >= 0.3 is 5.97 Å². The van der Waals surface area contributed by atoms with E-state index in [1.807, 2.05) is 12.2 Å². The zero-order chi connectivity index (χ0) is 43.1. The Hall–Kier alpha value is -2.18. The summed E-state index contributed by atoms with van der Waals surface area (Å²) < 4.78 is 5.91. The summed E-state index contributed by atoms with van der Waals surface area (Å²) in [5.74, 6) is -0.510. The van der Waals surface area contributed by atoms with E-state index in [-0.39, 0.29) is 24.9 Å². The fraction of sp³-hybridized carbons (Fsp3) is 0.811. The Morgan fingerprint density at radius 2 is 0.932 bits per heavy atom. The SMILES string of the molecule is CC/C=C/C=C/C=C\CCCCCC(CC(=O)NC(CO)C(O)CCCCCCCCCCCCCC)OC(=O)CCCCCCCCC/C=C/CCCCCCCC. The predicted octanol–water partition coefficient (Wildman–Crippen LogP) is 15.1. The third kappa shape index (κ3) is 42.3. The molecule has 0 aliphatic carbocycles. The smallest absolute Gasteiger partial charge is 0.306 e. The summed E-state index contributed by atoms with van der Waals surface area (Å²) >= 11 is 0. The van der Waals surface area contributed by atoms with Crippen LogP contribution in [0.15, 0.2) is 48.6 Å². The molecule has 59 heavy (non-hydrogen) atoms. The third-order valence-corrected chi connectivity index (χ3v) is 11.5. The number of aliphatic hydroxyl groups excluding tert-OH is 2. The second-order valence-corrected chi connectivity index (χ2v) is 17.2. The molecule has 0 radical (unpaired) electrons. The maximum atomic E-state index is 13.2. The third-order valence-electron chi connectivity index (χ3n) is 11.5. The normalized spacial score (nSPS) is 13.6. The van der Waals surface area contributed by atoms with Gasteiger partial charge in [0.2, 0.25) is 5.91 Å². The second-order valence-electron chi connectivity index (χ2n) is 17.2. The molecule has 3 N–H and O–H groups in total. The molecule has 0 spiro atoms. The summed E-state index contributed by atoms with van der Waals surface area (Å²) in [6, 6.07) is -0.712. The molecule has 0 saturated carbocycles. The van der Waals surface area contributed by atoms with Crippen LogP contribution in [-0.2, 0) is 14.3 Å². The molecular weight excluding hydrogens is 731 g/mol. The van der Waals surface area contributed by atoms with Crippen molar-refractivity contribution < 1.29 is 24.5 Å². The van der Waals surface area contributed by atoms with Gasteiger partial charge in [-0.05, 0) is 70.6 Å². The molecule has 3 atom stereocenters. The quantitative estimate of drug-likeness (QED) is 0.0246. The molecule has 0 aromatic rings. The summed E-state index contributed by atoms with van der Waals surface area (Å²) in [7, 11) is 0. The molecule has 0 aliphatic rings. The average Bonchev–Trinajstić information content (AvgIpc) is 3.23. The molecule has 3 unspecified atom stereocenters. The van der Waals surface area contributed by atoms with Gasteiger partial charge in [0, 0.05) is 6.42 Å². The molecule has 0 bridgehead atoms. The molecule has 0 rings (SSSR count). The lowest BCUT2D eigenvalue weighted by atomic mass is 10.0.